The number of nitrogens with two attached hydrogens (primary N) is 1. The number of nitrogens with zero attached hydrogens (tertiary/aromatic N) is 2. The molecule has 0 aliphatic carbocycles. The predicted molar refractivity (Wildman–Crippen MR) is 138 cm³/mol. The minimum atomic E-state index is -4.67. The first kappa shape index (κ1) is 35.4. The molecule has 2 unspecified atom stereocenters. The zero-order chi connectivity index (χ0) is 29.3. The number of hydrogen-bond donors (Lipinski definition) is 1. The number of likely N-dealkylation sites (N-methyl/N-ethyl adjacent to an activating group) is 1. The smallest absolute Gasteiger partial charge is 0.464 e. The molecular weight excluding hydrogens is 525 g/mol. The Kier molecular flexibility index (Phi) is 17.4. The molecule has 14 nitrogen and oxygen atoms in total. The van der Waals surface area contributed by atoms with Gasteiger partial charge in [-0.3, -0.25) is 4.79 Å². The molecule has 0 saturated carbocycles. The Balaban J connectivity index is 6.08. The molecular formula is C23H44N3O11P. The molecule has 0 spiro atoms. The van der Waals surface area contributed by atoms with E-state index in [4.69, 9.17) is 38.5 Å². The van der Waals surface area contributed by atoms with Crippen molar-refractivity contribution in [2.75, 3.05) is 33.4 Å². The normalized spacial score (nSPS) is 14.8. The van der Waals surface area contributed by atoms with Crippen molar-refractivity contribution in [3.63, 3.8) is 0 Å². The third-order valence-corrected chi connectivity index (χ3v) is 5.68. The van der Waals surface area contributed by atoms with Crippen molar-refractivity contribution in [3.8, 4) is 0 Å². The molecule has 0 aromatic rings. The van der Waals surface area contributed by atoms with E-state index >= 15 is 0 Å². The van der Waals surface area contributed by atoms with Crippen LogP contribution >= 0.6 is 7.75 Å². The van der Waals surface area contributed by atoms with Crippen LogP contribution in [0.1, 0.15) is 67.7 Å². The summed E-state index contributed by atoms with van der Waals surface area (Å²) >= 11 is 0. The van der Waals surface area contributed by atoms with Gasteiger partial charge in [0.05, 0.1) is 19.8 Å². The molecule has 38 heavy (non-hydrogen) atoms. The monoisotopic (exact) mass is 569 g/mol. The van der Waals surface area contributed by atoms with Crippen LogP contribution in [0.4, 0.5) is 9.59 Å². The first-order chi connectivity index (χ1) is 17.8. The van der Waals surface area contributed by atoms with E-state index in [2.05, 4.69) is 4.76 Å². The Morgan fingerprint density at radius 3 is 1.55 bits per heavy atom. The van der Waals surface area contributed by atoms with Gasteiger partial charge in [-0.2, -0.15) is 0 Å². The molecule has 2 atom stereocenters. The summed E-state index contributed by atoms with van der Waals surface area (Å²) in [4.78, 5) is 37.3. The highest BCUT2D eigenvalue weighted by Gasteiger charge is 2.39. The molecule has 222 valence electrons. The van der Waals surface area contributed by atoms with Gasteiger partial charge in [0.25, 0.3) is 0 Å². The molecule has 0 fully saturated rings. The van der Waals surface area contributed by atoms with Crippen LogP contribution in [0.25, 0.3) is 0 Å². The molecule has 0 aliphatic heterocycles. The topological polar surface area (TPSA) is 175 Å². The summed E-state index contributed by atoms with van der Waals surface area (Å²) in [5, 5.41) is 0. The Morgan fingerprint density at radius 2 is 1.18 bits per heavy atom. The van der Waals surface area contributed by atoms with Gasteiger partial charge >= 0.3 is 26.0 Å². The minimum absolute atomic E-state index is 0.102. The van der Waals surface area contributed by atoms with E-state index in [1.165, 1.54) is 11.9 Å². The van der Waals surface area contributed by atoms with Crippen LogP contribution in [-0.2, 0) is 42.1 Å². The van der Waals surface area contributed by atoms with Crippen molar-refractivity contribution < 1.29 is 51.7 Å². The molecule has 0 aromatic carbocycles. The molecule has 0 aliphatic rings. The van der Waals surface area contributed by atoms with Crippen molar-refractivity contribution in [1.29, 1.82) is 0 Å². The lowest BCUT2D eigenvalue weighted by atomic mass is 10.2. The van der Waals surface area contributed by atoms with Gasteiger partial charge in [0.2, 0.25) is 18.5 Å². The molecule has 0 rings (SSSR count). The molecule has 0 aromatic heterocycles. The highest BCUT2D eigenvalue weighted by atomic mass is 31.2. The van der Waals surface area contributed by atoms with Crippen LogP contribution in [0.15, 0.2) is 4.76 Å². The fourth-order valence-electron chi connectivity index (χ4n) is 2.26. The molecule has 0 amide bonds. The van der Waals surface area contributed by atoms with Crippen LogP contribution in [0.2, 0.25) is 0 Å². The van der Waals surface area contributed by atoms with Crippen LogP contribution in [-0.4, -0.2) is 75.1 Å². The summed E-state index contributed by atoms with van der Waals surface area (Å²) < 4.78 is 54.1. The van der Waals surface area contributed by atoms with Gasteiger partial charge < -0.3 is 34.3 Å². The van der Waals surface area contributed by atoms with Gasteiger partial charge in [0.1, 0.15) is 6.54 Å². The summed E-state index contributed by atoms with van der Waals surface area (Å²) in [5.74, 6) is -2.07. The molecule has 0 heterocycles. The second kappa shape index (κ2) is 18.6. The van der Waals surface area contributed by atoms with Crippen molar-refractivity contribution in [2.24, 2.45) is 22.3 Å². The lowest BCUT2D eigenvalue weighted by Crippen LogP contribution is -2.38. The largest absolute Gasteiger partial charge is 0.510 e. The summed E-state index contributed by atoms with van der Waals surface area (Å²) in [6, 6.07) is 0. The minimum Gasteiger partial charge on any atom is -0.464 e. The number of carbonyl (C=O) groups is 3. The van der Waals surface area contributed by atoms with E-state index in [9.17, 15) is 18.9 Å². The highest BCUT2D eigenvalue weighted by Crippen LogP contribution is 2.54. The van der Waals surface area contributed by atoms with Crippen molar-refractivity contribution in [1.82, 2.24) is 4.90 Å². The standard InChI is InChI=1S/C23H44N3O11P/c1-9-12-31-18(27)15-26(8)21(24)25-38(30,36-19(16(4)5)34-22(28)32-13-10-2)37-20(17(6)7)35-23(29)33-14-11-3/h16-17,19-20H,9-15H2,1-8H3,(H2,24,25,30). The van der Waals surface area contributed by atoms with Crippen molar-refractivity contribution in [2.45, 2.75) is 80.3 Å². The Morgan fingerprint density at radius 1 is 0.789 bits per heavy atom. The van der Waals surface area contributed by atoms with E-state index in [0.717, 1.165) is 0 Å². The van der Waals surface area contributed by atoms with Crippen LogP contribution < -0.4 is 5.73 Å². The van der Waals surface area contributed by atoms with Gasteiger partial charge in [-0.05, 0) is 19.3 Å². The quantitative estimate of drug-likeness (QED) is 0.0651. The highest BCUT2D eigenvalue weighted by molar-refractivity contribution is 7.52. The summed E-state index contributed by atoms with van der Waals surface area (Å²) in [6.45, 7) is 12.1. The lowest BCUT2D eigenvalue weighted by molar-refractivity contribution is -0.143. The van der Waals surface area contributed by atoms with Crippen molar-refractivity contribution in [3.05, 3.63) is 0 Å². The maximum Gasteiger partial charge on any atom is 0.510 e. The van der Waals surface area contributed by atoms with Gasteiger partial charge in [0, 0.05) is 18.9 Å². The third kappa shape index (κ3) is 15.0. The zero-order valence-corrected chi connectivity index (χ0v) is 24.6. The van der Waals surface area contributed by atoms with Gasteiger partial charge in [0.15, 0.2) is 0 Å². The van der Waals surface area contributed by atoms with Gasteiger partial charge in [-0.15, -0.1) is 4.76 Å². The number of rotatable bonds is 17. The second-order valence-electron chi connectivity index (χ2n) is 8.87. The van der Waals surface area contributed by atoms with Crippen LogP contribution in [0.5, 0.6) is 0 Å². The Labute approximate surface area is 225 Å². The third-order valence-electron chi connectivity index (χ3n) is 4.29. The molecule has 15 heteroatoms. The Hall–Kier alpha value is -2.57. The SMILES string of the molecule is CCCOC(=O)CN(C)C(N)=NP(=O)(OC(OC(=O)OCCC)C(C)C)OC(OC(=O)OCCC)C(C)C. The molecule has 0 bridgehead atoms. The summed E-state index contributed by atoms with van der Waals surface area (Å²) in [6.07, 6.45) is -3.25. The second-order valence-corrected chi connectivity index (χ2v) is 10.4. The molecule has 2 N–H and O–H groups in total. The molecule has 0 radical (unpaired) electrons. The van der Waals surface area contributed by atoms with Gasteiger partial charge in [-0.25, -0.2) is 23.2 Å². The van der Waals surface area contributed by atoms with Crippen LogP contribution in [0, 0.1) is 11.8 Å². The fraction of sp³-hybridized carbons (Fsp3) is 0.826. The number of esters is 1. The zero-order valence-electron chi connectivity index (χ0n) is 23.7. The molecule has 0 saturated heterocycles. The van der Waals surface area contributed by atoms with Crippen molar-refractivity contribution >= 4 is 32.0 Å². The van der Waals surface area contributed by atoms with Gasteiger partial charge in [-0.1, -0.05) is 48.5 Å². The van der Waals surface area contributed by atoms with Crippen LogP contribution in [0.3, 0.4) is 0 Å². The first-order valence-electron chi connectivity index (χ1n) is 12.6. The number of hydrogen-bond acceptors (Lipinski definition) is 11. The predicted octanol–water partition coefficient (Wildman–Crippen LogP) is 4.42. The lowest BCUT2D eigenvalue weighted by Gasteiger charge is -2.28. The maximum absolute atomic E-state index is 13.9. The van der Waals surface area contributed by atoms with E-state index in [1.54, 1.807) is 41.5 Å². The van der Waals surface area contributed by atoms with E-state index in [0.29, 0.717) is 19.3 Å². The van der Waals surface area contributed by atoms with E-state index < -0.39 is 56.4 Å². The number of ether oxygens (including phenoxy) is 5. The average molecular weight is 570 g/mol. The average Bonchev–Trinajstić information content (AvgIpc) is 2.83. The summed E-state index contributed by atoms with van der Waals surface area (Å²) in [5.41, 5.74) is 5.99. The fourth-order valence-corrected chi connectivity index (χ4v) is 3.91. The maximum atomic E-state index is 13.9. The first-order valence-corrected chi connectivity index (χ1v) is 14.1. The van der Waals surface area contributed by atoms with E-state index in [1.807, 2.05) is 6.92 Å². The van der Waals surface area contributed by atoms with E-state index in [-0.39, 0.29) is 26.4 Å². The Bertz CT molecular complexity index is 767. The number of guanidine groups is 1. The number of carbonyl (C=O) groups excluding carboxylic acids is 3. The summed E-state index contributed by atoms with van der Waals surface area (Å²) in [7, 11) is -3.26.